The Morgan fingerprint density at radius 3 is 2.68 bits per heavy atom. The van der Waals surface area contributed by atoms with E-state index in [1.54, 1.807) is 11.1 Å². The lowest BCUT2D eigenvalue weighted by molar-refractivity contribution is -0.0508. The van der Waals surface area contributed by atoms with Crippen molar-refractivity contribution >= 4 is 0 Å². The molecule has 3 fully saturated rings. The van der Waals surface area contributed by atoms with Crippen LogP contribution >= 0.6 is 0 Å². The van der Waals surface area contributed by atoms with Crippen LogP contribution in [0.25, 0.3) is 0 Å². The number of allylic oxidation sites excluding steroid dienone is 3. The van der Waals surface area contributed by atoms with Crippen molar-refractivity contribution in [2.45, 2.75) is 91.6 Å². The molecule has 7 atom stereocenters. The Hall–Kier alpha value is -0.560. The number of rotatable bonds is 2. The van der Waals surface area contributed by atoms with Crippen LogP contribution in [-0.2, 0) is 0 Å². The van der Waals surface area contributed by atoms with Crippen LogP contribution in [0.1, 0.15) is 85.5 Å². The van der Waals surface area contributed by atoms with E-state index >= 15 is 0 Å². The minimum absolute atomic E-state index is 0.175. The highest BCUT2D eigenvalue weighted by Crippen LogP contribution is 2.67. The van der Waals surface area contributed by atoms with Gasteiger partial charge in [-0.15, -0.1) is 0 Å². The Kier molecular flexibility index (Phi) is 4.46. The van der Waals surface area contributed by atoms with Crippen molar-refractivity contribution in [2.75, 3.05) is 0 Å². The van der Waals surface area contributed by atoms with Gasteiger partial charge >= 0.3 is 0 Å². The second kappa shape index (κ2) is 6.25. The van der Waals surface area contributed by atoms with Crippen molar-refractivity contribution in [3.8, 4) is 0 Å². The molecule has 0 radical (unpaired) electrons. The van der Waals surface area contributed by atoms with E-state index < -0.39 is 0 Å². The molecular weight excluding hydrogens is 304 g/mol. The van der Waals surface area contributed by atoms with Crippen LogP contribution in [0.3, 0.4) is 0 Å². The minimum Gasteiger partial charge on any atom is -0.389 e. The van der Waals surface area contributed by atoms with E-state index in [1.807, 2.05) is 0 Å². The van der Waals surface area contributed by atoms with Crippen molar-refractivity contribution in [2.24, 2.45) is 34.5 Å². The van der Waals surface area contributed by atoms with Gasteiger partial charge in [0.1, 0.15) is 0 Å². The zero-order valence-electron chi connectivity index (χ0n) is 16.9. The molecule has 1 nitrogen and oxygen atoms in total. The predicted molar refractivity (Wildman–Crippen MR) is 105 cm³/mol. The van der Waals surface area contributed by atoms with Crippen molar-refractivity contribution in [1.29, 1.82) is 0 Å². The molecule has 5 unspecified atom stereocenters. The monoisotopic (exact) mass is 342 g/mol. The number of hydrogen-bond acceptors (Lipinski definition) is 1. The summed E-state index contributed by atoms with van der Waals surface area (Å²) in [6.45, 7) is 9.86. The van der Waals surface area contributed by atoms with E-state index in [1.165, 1.54) is 51.4 Å². The third kappa shape index (κ3) is 2.59. The Morgan fingerprint density at radius 2 is 1.92 bits per heavy atom. The van der Waals surface area contributed by atoms with Crippen LogP contribution in [0.5, 0.6) is 0 Å². The smallest absolute Gasteiger partial charge is 0.0724 e. The summed E-state index contributed by atoms with van der Waals surface area (Å²) >= 11 is 0. The molecule has 0 aromatic rings. The molecule has 4 rings (SSSR count). The Labute approximate surface area is 155 Å². The highest BCUT2D eigenvalue weighted by atomic mass is 16.3. The topological polar surface area (TPSA) is 20.2 Å². The van der Waals surface area contributed by atoms with E-state index in [0.717, 1.165) is 30.1 Å². The van der Waals surface area contributed by atoms with Crippen LogP contribution in [0, 0.1) is 34.5 Å². The summed E-state index contributed by atoms with van der Waals surface area (Å²) in [5.41, 5.74) is 4.21. The highest BCUT2D eigenvalue weighted by molar-refractivity contribution is 5.26. The van der Waals surface area contributed by atoms with Gasteiger partial charge in [0.05, 0.1) is 6.10 Å². The molecule has 25 heavy (non-hydrogen) atoms. The maximum Gasteiger partial charge on any atom is 0.0724 e. The van der Waals surface area contributed by atoms with Gasteiger partial charge in [0.15, 0.2) is 0 Å². The van der Waals surface area contributed by atoms with Crippen LogP contribution in [0.2, 0.25) is 0 Å². The van der Waals surface area contributed by atoms with E-state index in [4.69, 9.17) is 0 Å². The van der Waals surface area contributed by atoms with Crippen LogP contribution in [0.15, 0.2) is 23.3 Å². The van der Waals surface area contributed by atoms with Gasteiger partial charge in [-0.25, -0.2) is 0 Å². The summed E-state index contributed by atoms with van der Waals surface area (Å²) < 4.78 is 0. The molecule has 0 bridgehead atoms. The van der Waals surface area contributed by atoms with E-state index in [9.17, 15) is 5.11 Å². The predicted octanol–water partition coefficient (Wildman–Crippen LogP) is 6.28. The third-order valence-electron chi connectivity index (χ3n) is 9.16. The fraction of sp³-hybridized carbons (Fsp3) is 0.833. The van der Waals surface area contributed by atoms with Crippen LogP contribution in [-0.4, -0.2) is 11.2 Å². The second-order valence-corrected chi connectivity index (χ2v) is 10.2. The lowest BCUT2D eigenvalue weighted by Gasteiger charge is -2.58. The first-order valence-electron chi connectivity index (χ1n) is 11.0. The minimum atomic E-state index is -0.175. The van der Waals surface area contributed by atoms with Gasteiger partial charge in [0.2, 0.25) is 0 Å². The Bertz CT molecular complexity index is 587. The molecule has 1 N–H and O–H groups in total. The van der Waals surface area contributed by atoms with Gasteiger partial charge in [-0.05, 0) is 99.2 Å². The summed E-state index contributed by atoms with van der Waals surface area (Å²) in [5, 5.41) is 10.1. The highest BCUT2D eigenvalue weighted by Gasteiger charge is 2.58. The van der Waals surface area contributed by atoms with Crippen LogP contribution in [0.4, 0.5) is 0 Å². The number of aliphatic hydroxyl groups excluding tert-OH is 1. The quantitative estimate of drug-likeness (QED) is 0.585. The summed E-state index contributed by atoms with van der Waals surface area (Å²) in [7, 11) is 0. The largest absolute Gasteiger partial charge is 0.389 e. The van der Waals surface area contributed by atoms with Crippen molar-refractivity contribution < 1.29 is 5.11 Å². The van der Waals surface area contributed by atoms with Gasteiger partial charge in [-0.1, -0.05) is 44.1 Å². The number of fused-ring (bicyclic) bond motifs is 5. The Morgan fingerprint density at radius 1 is 1.12 bits per heavy atom. The number of aliphatic hydroxyl groups is 1. The number of hydrogen-bond donors (Lipinski definition) is 1. The summed E-state index contributed by atoms with van der Waals surface area (Å²) in [5.74, 6) is 3.56. The SMILES string of the molecule is CC/C=C(\C)[C@H]1CCC2C3CCC4=C[C@@H](O)CCC4(C)C3CCC21C. The van der Waals surface area contributed by atoms with E-state index in [-0.39, 0.29) is 6.10 Å². The lowest BCUT2D eigenvalue weighted by atomic mass is 9.46. The average molecular weight is 343 g/mol. The van der Waals surface area contributed by atoms with Gasteiger partial charge < -0.3 is 5.11 Å². The molecule has 0 heterocycles. The maximum atomic E-state index is 10.1. The summed E-state index contributed by atoms with van der Waals surface area (Å²) in [6, 6.07) is 0. The van der Waals surface area contributed by atoms with E-state index in [2.05, 4.69) is 39.8 Å². The Balaban J connectivity index is 1.62. The van der Waals surface area contributed by atoms with Gasteiger partial charge in [-0.3, -0.25) is 0 Å². The molecule has 0 spiro atoms. The summed E-state index contributed by atoms with van der Waals surface area (Å²) in [4.78, 5) is 0. The molecule has 1 heteroatoms. The van der Waals surface area contributed by atoms with Crippen molar-refractivity contribution in [1.82, 2.24) is 0 Å². The summed E-state index contributed by atoms with van der Waals surface area (Å²) in [6.07, 6.45) is 16.3. The molecular formula is C24H38O. The van der Waals surface area contributed by atoms with Gasteiger partial charge in [0, 0.05) is 0 Å². The first-order chi connectivity index (χ1) is 11.9. The molecule has 0 saturated heterocycles. The van der Waals surface area contributed by atoms with Gasteiger partial charge in [0.25, 0.3) is 0 Å². The first-order valence-corrected chi connectivity index (χ1v) is 11.0. The molecule has 4 aliphatic rings. The van der Waals surface area contributed by atoms with Crippen molar-refractivity contribution in [3.63, 3.8) is 0 Å². The standard InChI is InChI=1S/C24H38O/c1-5-6-16(2)20-9-10-21-19-8-7-17-15-18(25)11-13-23(17,3)22(19)12-14-24(20,21)4/h6,15,18-22,25H,5,7-14H2,1-4H3/b16-6+/t18-,19?,20+,21?,22?,23?,24?/m0/s1. The average Bonchev–Trinajstić information content (AvgIpc) is 2.93. The van der Waals surface area contributed by atoms with E-state index in [0.29, 0.717) is 10.8 Å². The molecule has 0 aliphatic heterocycles. The van der Waals surface area contributed by atoms with Gasteiger partial charge in [-0.2, -0.15) is 0 Å². The molecule has 0 aromatic carbocycles. The lowest BCUT2D eigenvalue weighted by Crippen LogP contribution is -2.50. The zero-order valence-corrected chi connectivity index (χ0v) is 16.9. The fourth-order valence-corrected chi connectivity index (χ4v) is 7.92. The molecule has 4 aliphatic carbocycles. The molecule has 0 amide bonds. The van der Waals surface area contributed by atoms with Crippen molar-refractivity contribution in [3.05, 3.63) is 23.3 Å². The molecule has 0 aromatic heterocycles. The van der Waals surface area contributed by atoms with Crippen LogP contribution < -0.4 is 0 Å². The normalized spacial score (nSPS) is 49.9. The molecule has 3 saturated carbocycles. The third-order valence-corrected chi connectivity index (χ3v) is 9.16. The zero-order chi connectivity index (χ0) is 17.8. The maximum absolute atomic E-state index is 10.1. The molecule has 140 valence electrons. The fourth-order valence-electron chi connectivity index (χ4n) is 7.92. The first kappa shape index (κ1) is 17.8. The second-order valence-electron chi connectivity index (χ2n) is 10.2.